The molecule has 35 heavy (non-hydrogen) atoms. The summed E-state index contributed by atoms with van der Waals surface area (Å²) in [6.07, 6.45) is 27.1. The van der Waals surface area contributed by atoms with Crippen LogP contribution in [0.1, 0.15) is 134 Å². The van der Waals surface area contributed by atoms with Gasteiger partial charge < -0.3 is 4.74 Å². The third-order valence-electron chi connectivity index (χ3n) is 7.84. The fourth-order valence-corrected chi connectivity index (χ4v) is 5.47. The van der Waals surface area contributed by atoms with Crippen molar-refractivity contribution in [2.45, 2.75) is 129 Å². The first-order chi connectivity index (χ1) is 17.3. The van der Waals surface area contributed by atoms with Crippen LogP contribution in [0.25, 0.3) is 11.4 Å². The van der Waals surface area contributed by atoms with E-state index in [0.717, 1.165) is 36.1 Å². The fraction of sp³-hybridized carbons (Fsp3) is 0.688. The Bertz CT molecular complexity index is 778. The van der Waals surface area contributed by atoms with Gasteiger partial charge in [-0.2, -0.15) is 0 Å². The summed E-state index contributed by atoms with van der Waals surface area (Å²) in [5.74, 6) is 3.34. The zero-order valence-electron chi connectivity index (χ0n) is 22.6. The van der Waals surface area contributed by atoms with E-state index in [2.05, 4.69) is 50.5 Å². The second-order valence-corrected chi connectivity index (χ2v) is 10.8. The van der Waals surface area contributed by atoms with Gasteiger partial charge >= 0.3 is 0 Å². The SMILES string of the molecule is CCCCCCCCCCCOc1ccc(-c2ncc([C@H]3CC[C@H](CCCCC)CC3)cn2)cc1. The molecule has 0 spiro atoms. The highest BCUT2D eigenvalue weighted by Crippen LogP contribution is 2.37. The maximum atomic E-state index is 5.95. The molecule has 1 aromatic carbocycles. The molecule has 0 bridgehead atoms. The maximum absolute atomic E-state index is 5.95. The monoisotopic (exact) mass is 478 g/mol. The molecular weight excluding hydrogens is 428 g/mol. The largest absolute Gasteiger partial charge is 0.494 e. The molecule has 0 radical (unpaired) electrons. The highest BCUT2D eigenvalue weighted by molar-refractivity contribution is 5.56. The van der Waals surface area contributed by atoms with Crippen molar-refractivity contribution < 1.29 is 4.74 Å². The zero-order chi connectivity index (χ0) is 24.6. The Kier molecular flexibility index (Phi) is 13.2. The number of aromatic nitrogens is 2. The molecular formula is C32H50N2O. The summed E-state index contributed by atoms with van der Waals surface area (Å²) in [5.41, 5.74) is 2.38. The van der Waals surface area contributed by atoms with E-state index in [-0.39, 0.29) is 0 Å². The average Bonchev–Trinajstić information content (AvgIpc) is 2.91. The van der Waals surface area contributed by atoms with Crippen molar-refractivity contribution in [3.63, 3.8) is 0 Å². The van der Waals surface area contributed by atoms with E-state index in [4.69, 9.17) is 14.7 Å². The number of hydrogen-bond acceptors (Lipinski definition) is 3. The molecule has 0 unspecified atom stereocenters. The Labute approximate surface area is 215 Å². The van der Waals surface area contributed by atoms with Gasteiger partial charge in [0.2, 0.25) is 0 Å². The molecule has 1 aliphatic rings. The molecule has 2 aromatic rings. The highest BCUT2D eigenvalue weighted by atomic mass is 16.5. The number of benzene rings is 1. The van der Waals surface area contributed by atoms with Crippen LogP contribution in [0, 0.1) is 5.92 Å². The summed E-state index contributed by atoms with van der Waals surface area (Å²) in [6.45, 7) is 5.38. The highest BCUT2D eigenvalue weighted by Gasteiger charge is 2.22. The summed E-state index contributed by atoms with van der Waals surface area (Å²) >= 11 is 0. The molecule has 1 aliphatic carbocycles. The molecule has 0 amide bonds. The van der Waals surface area contributed by atoms with Crippen LogP contribution < -0.4 is 4.74 Å². The zero-order valence-corrected chi connectivity index (χ0v) is 22.6. The summed E-state index contributed by atoms with van der Waals surface area (Å²) in [6, 6.07) is 8.28. The van der Waals surface area contributed by atoms with E-state index in [0.29, 0.717) is 5.92 Å². The summed E-state index contributed by atoms with van der Waals surface area (Å²) < 4.78 is 5.95. The van der Waals surface area contributed by atoms with Gasteiger partial charge in [0.25, 0.3) is 0 Å². The summed E-state index contributed by atoms with van der Waals surface area (Å²) in [7, 11) is 0. The lowest BCUT2D eigenvalue weighted by Crippen LogP contribution is -2.14. The van der Waals surface area contributed by atoms with Crippen LogP contribution >= 0.6 is 0 Å². The van der Waals surface area contributed by atoms with Crippen LogP contribution in [0.2, 0.25) is 0 Å². The number of hydrogen-bond donors (Lipinski definition) is 0. The van der Waals surface area contributed by atoms with Gasteiger partial charge in [0.05, 0.1) is 6.61 Å². The Morgan fingerprint density at radius 2 is 1.26 bits per heavy atom. The first-order valence-electron chi connectivity index (χ1n) is 14.8. The Morgan fingerprint density at radius 3 is 1.89 bits per heavy atom. The Hall–Kier alpha value is -1.90. The normalized spacial score (nSPS) is 18.0. The van der Waals surface area contributed by atoms with Gasteiger partial charge in [-0.3, -0.25) is 0 Å². The van der Waals surface area contributed by atoms with Gasteiger partial charge in [-0.25, -0.2) is 9.97 Å². The van der Waals surface area contributed by atoms with Crippen LogP contribution in [0.4, 0.5) is 0 Å². The van der Waals surface area contributed by atoms with E-state index >= 15 is 0 Å². The van der Waals surface area contributed by atoms with Crippen molar-refractivity contribution in [2.24, 2.45) is 5.92 Å². The third kappa shape index (κ3) is 10.3. The quantitative estimate of drug-likeness (QED) is 0.212. The lowest BCUT2D eigenvalue weighted by atomic mass is 9.77. The third-order valence-corrected chi connectivity index (χ3v) is 7.84. The minimum atomic E-state index is 0.642. The standard InChI is InChI=1S/C32H50N2O/c1-3-5-7-8-9-10-11-12-14-24-35-31-22-20-29(21-23-31)32-33-25-30(26-34-32)28-18-16-27(17-19-28)15-13-6-4-2/h20-23,25-28H,3-19,24H2,1-2H3/t27-,28-. The molecule has 0 aliphatic heterocycles. The topological polar surface area (TPSA) is 35.0 Å². The van der Waals surface area contributed by atoms with Gasteiger partial charge in [0.15, 0.2) is 5.82 Å². The molecule has 0 N–H and O–H groups in total. The second kappa shape index (κ2) is 16.7. The smallest absolute Gasteiger partial charge is 0.159 e. The second-order valence-electron chi connectivity index (χ2n) is 10.8. The number of unbranched alkanes of at least 4 members (excludes halogenated alkanes) is 10. The van der Waals surface area contributed by atoms with Crippen molar-refractivity contribution in [3.05, 3.63) is 42.2 Å². The van der Waals surface area contributed by atoms with Crippen LogP contribution in [0.15, 0.2) is 36.7 Å². The Morgan fingerprint density at radius 1 is 0.686 bits per heavy atom. The van der Waals surface area contributed by atoms with Crippen molar-refractivity contribution in [3.8, 4) is 17.1 Å². The van der Waals surface area contributed by atoms with E-state index < -0.39 is 0 Å². The fourth-order valence-electron chi connectivity index (χ4n) is 5.47. The van der Waals surface area contributed by atoms with Gasteiger partial charge in [-0.05, 0) is 73.8 Å². The van der Waals surface area contributed by atoms with Gasteiger partial charge in [-0.15, -0.1) is 0 Å². The molecule has 194 valence electrons. The molecule has 0 saturated heterocycles. The van der Waals surface area contributed by atoms with Crippen molar-refractivity contribution in [2.75, 3.05) is 6.61 Å². The van der Waals surface area contributed by atoms with Gasteiger partial charge in [-0.1, -0.05) is 90.9 Å². The molecule has 1 fully saturated rings. The Balaban J connectivity index is 1.33. The molecule has 1 saturated carbocycles. The van der Waals surface area contributed by atoms with Gasteiger partial charge in [0.1, 0.15) is 5.75 Å². The van der Waals surface area contributed by atoms with Crippen LogP contribution in [0.5, 0.6) is 5.75 Å². The van der Waals surface area contributed by atoms with E-state index in [1.165, 1.54) is 108 Å². The van der Waals surface area contributed by atoms with E-state index in [1.807, 2.05) is 0 Å². The van der Waals surface area contributed by atoms with Gasteiger partial charge in [0, 0.05) is 18.0 Å². The lowest BCUT2D eigenvalue weighted by Gasteiger charge is -2.28. The average molecular weight is 479 g/mol. The summed E-state index contributed by atoms with van der Waals surface area (Å²) in [5, 5.41) is 0. The number of rotatable bonds is 17. The van der Waals surface area contributed by atoms with Crippen molar-refractivity contribution in [1.29, 1.82) is 0 Å². The number of ether oxygens (including phenoxy) is 1. The first-order valence-corrected chi connectivity index (χ1v) is 14.8. The van der Waals surface area contributed by atoms with Crippen LogP contribution in [0.3, 0.4) is 0 Å². The van der Waals surface area contributed by atoms with E-state index in [9.17, 15) is 0 Å². The van der Waals surface area contributed by atoms with Crippen LogP contribution in [-0.2, 0) is 0 Å². The molecule has 0 atom stereocenters. The maximum Gasteiger partial charge on any atom is 0.159 e. The molecule has 1 heterocycles. The molecule has 3 rings (SSSR count). The number of nitrogens with zero attached hydrogens (tertiary/aromatic N) is 2. The van der Waals surface area contributed by atoms with E-state index in [1.54, 1.807) is 0 Å². The first kappa shape index (κ1) is 27.7. The minimum Gasteiger partial charge on any atom is -0.494 e. The summed E-state index contributed by atoms with van der Waals surface area (Å²) in [4.78, 5) is 9.42. The predicted molar refractivity (Wildman–Crippen MR) is 149 cm³/mol. The molecule has 3 nitrogen and oxygen atoms in total. The van der Waals surface area contributed by atoms with Crippen molar-refractivity contribution in [1.82, 2.24) is 9.97 Å². The van der Waals surface area contributed by atoms with Crippen molar-refractivity contribution >= 4 is 0 Å². The molecule has 1 aromatic heterocycles. The van der Waals surface area contributed by atoms with Crippen LogP contribution in [-0.4, -0.2) is 16.6 Å². The molecule has 3 heteroatoms. The predicted octanol–water partition coefficient (Wildman–Crippen LogP) is 9.91. The minimum absolute atomic E-state index is 0.642. The lowest BCUT2D eigenvalue weighted by molar-refractivity contribution is 0.302.